The van der Waals surface area contributed by atoms with Gasteiger partial charge in [-0.25, -0.2) is 0 Å². The fraction of sp³-hybridized carbons (Fsp3) is 0. The first kappa shape index (κ1) is 41.9. The van der Waals surface area contributed by atoms with Crippen LogP contribution in [0, 0.1) is 0 Å². The molecule has 9 aromatic rings. The molecular weight excluding hydrogens is 1020 g/mol. The molecule has 0 saturated heterocycles. The van der Waals surface area contributed by atoms with Crippen LogP contribution in [0.5, 0.6) is 11.5 Å². The molecule has 57 heavy (non-hydrogen) atoms. The summed E-state index contributed by atoms with van der Waals surface area (Å²) in [5.74, 6) is -0.135. The van der Waals surface area contributed by atoms with E-state index in [4.69, 9.17) is 0 Å². The summed E-state index contributed by atoms with van der Waals surface area (Å²) in [7, 11) is 0. The summed E-state index contributed by atoms with van der Waals surface area (Å²) < 4.78 is 2.73. The Morgan fingerprint density at radius 1 is 0.439 bits per heavy atom. The van der Waals surface area contributed by atoms with Crippen LogP contribution in [-0.4, -0.2) is 22.4 Å². The number of rotatable bonds is 4. The smallest absolute Gasteiger partial charge is 0.871 e. The average molecular weight is 1050 g/mol. The number of halogens is 4. The van der Waals surface area contributed by atoms with Gasteiger partial charge in [0.25, 0.3) is 0 Å². The number of hydrogen-bond donors (Lipinski definition) is 0. The van der Waals surface area contributed by atoms with Gasteiger partial charge in [-0.3, -0.25) is 20.0 Å². The van der Waals surface area contributed by atoms with Gasteiger partial charge in [-0.2, -0.15) is 0 Å². The van der Waals surface area contributed by atoms with E-state index in [1.165, 1.54) is 0 Å². The molecule has 0 bridgehead atoms. The molecule has 283 valence electrons. The summed E-state index contributed by atoms with van der Waals surface area (Å²) in [6, 6.07) is 47.1. The Bertz CT molecular complexity index is 2720. The second kappa shape index (κ2) is 19.6. The molecule has 11 heteroatoms. The normalized spacial score (nSPS) is 11.0. The third kappa shape index (κ3) is 10.2. The second-order valence-electron chi connectivity index (χ2n) is 12.3. The van der Waals surface area contributed by atoms with Gasteiger partial charge in [-0.15, -0.1) is 0 Å². The fourth-order valence-corrected chi connectivity index (χ4v) is 8.47. The maximum Gasteiger partial charge on any atom is 2.00 e. The van der Waals surface area contributed by atoms with Crippen molar-refractivity contribution in [3.8, 4) is 11.5 Å². The molecule has 0 aliphatic rings. The molecule has 2 heterocycles. The van der Waals surface area contributed by atoms with E-state index < -0.39 is 0 Å². The van der Waals surface area contributed by atoms with Crippen LogP contribution in [-0.2, 0) is 17.1 Å². The van der Waals surface area contributed by atoms with Crippen molar-refractivity contribution in [1.82, 2.24) is 9.97 Å². The first-order chi connectivity index (χ1) is 27.2. The molecule has 0 aliphatic heterocycles. The van der Waals surface area contributed by atoms with Crippen LogP contribution in [0.3, 0.4) is 0 Å². The molecule has 0 unspecified atom stereocenters. The molecule has 0 fully saturated rings. The van der Waals surface area contributed by atoms with Crippen LogP contribution in [0.15, 0.2) is 186 Å². The quantitative estimate of drug-likeness (QED) is 0.0996. The van der Waals surface area contributed by atoms with E-state index in [1.54, 1.807) is 49.1 Å². The zero-order valence-electron chi connectivity index (χ0n) is 29.6. The zero-order valence-corrected chi connectivity index (χ0v) is 36.9. The molecule has 0 atom stereocenters. The topological polar surface area (TPSA) is 96.6 Å². The van der Waals surface area contributed by atoms with Gasteiger partial charge in [-0.05, 0) is 70.4 Å². The van der Waals surface area contributed by atoms with Gasteiger partial charge >= 0.3 is 17.1 Å². The van der Waals surface area contributed by atoms with Gasteiger partial charge in [-0.1, -0.05) is 172 Å². The van der Waals surface area contributed by atoms with E-state index in [2.05, 4.69) is 108 Å². The summed E-state index contributed by atoms with van der Waals surface area (Å²) in [5.41, 5.74) is 4.75. The van der Waals surface area contributed by atoms with Crippen LogP contribution in [0.25, 0.3) is 43.4 Å². The molecular formula is C46H28Br4CuN4O2. The Balaban J connectivity index is 0.000000146. The van der Waals surface area contributed by atoms with E-state index in [-0.39, 0.29) is 28.6 Å². The molecule has 6 nitrogen and oxygen atoms in total. The minimum atomic E-state index is -0.0674. The Kier molecular flexibility index (Phi) is 14.4. The van der Waals surface area contributed by atoms with Crippen molar-refractivity contribution in [2.75, 3.05) is 0 Å². The minimum Gasteiger partial charge on any atom is -0.871 e. The first-order valence-electron chi connectivity index (χ1n) is 17.2. The standard InChI is InChI=1S/2C17H11Br2NO.C12H8N2.Cu/c2*18-13-8-12(17(21)15(19)9-13)10-20-16-7-3-5-11-4-1-2-6-14(11)16;1-3-9-5-6-10-4-2-8-14-12(10)11(9)13-7-1;/h2*1-10,21H;1-8H;/q;;;+2/p-2. The van der Waals surface area contributed by atoms with Crippen molar-refractivity contribution in [3.63, 3.8) is 0 Å². The Hall–Kier alpha value is -4.74. The number of hydrogen-bond acceptors (Lipinski definition) is 6. The fourth-order valence-electron chi connectivity index (χ4n) is 5.95. The molecule has 1 radical (unpaired) electrons. The minimum absolute atomic E-state index is 0. The van der Waals surface area contributed by atoms with Crippen molar-refractivity contribution in [3.05, 3.63) is 187 Å². The summed E-state index contributed by atoms with van der Waals surface area (Å²) in [6.07, 6.45) is 6.83. The number of pyridine rings is 2. The van der Waals surface area contributed by atoms with Gasteiger partial charge in [0.15, 0.2) is 0 Å². The maximum atomic E-state index is 12.0. The Morgan fingerprint density at radius 3 is 1.26 bits per heavy atom. The van der Waals surface area contributed by atoms with Gasteiger partial charge in [0, 0.05) is 64.3 Å². The molecule has 9 rings (SSSR count). The van der Waals surface area contributed by atoms with Crippen molar-refractivity contribution in [2.45, 2.75) is 0 Å². The van der Waals surface area contributed by atoms with Gasteiger partial charge in [0.1, 0.15) is 0 Å². The molecule has 0 spiro atoms. The molecule has 0 saturated carbocycles. The Labute approximate surface area is 373 Å². The SMILES string of the molecule is [Cu+2].[O-]c1c(Br)cc(Br)cc1C=Nc1cccc2ccccc12.[O-]c1c(Br)cc(Br)cc1C=Nc1cccc2ccccc12.c1cnc2c(c1)ccc1cccnc12. The predicted octanol–water partition coefficient (Wildman–Crippen LogP) is 13.2. The van der Waals surface area contributed by atoms with E-state index >= 15 is 0 Å². The molecule has 0 amide bonds. The molecule has 0 N–H and O–H groups in total. The van der Waals surface area contributed by atoms with Gasteiger partial charge < -0.3 is 10.2 Å². The average Bonchev–Trinajstić information content (AvgIpc) is 3.22. The molecule has 0 aliphatic carbocycles. The third-order valence-corrected chi connectivity index (χ3v) is 10.7. The van der Waals surface area contributed by atoms with E-state index in [1.807, 2.05) is 97.1 Å². The third-order valence-electron chi connectivity index (χ3n) is 8.64. The maximum absolute atomic E-state index is 12.0. The van der Waals surface area contributed by atoms with Crippen molar-refractivity contribution in [2.24, 2.45) is 9.98 Å². The van der Waals surface area contributed by atoms with Crippen LogP contribution >= 0.6 is 63.7 Å². The zero-order chi connectivity index (χ0) is 39.0. The number of fused-ring (bicyclic) bond motifs is 5. The molecule has 7 aromatic carbocycles. The monoisotopic (exact) mass is 1050 g/mol. The van der Waals surface area contributed by atoms with Crippen LogP contribution in [0.4, 0.5) is 11.4 Å². The number of nitrogens with zero attached hydrogens (tertiary/aromatic N) is 4. The summed E-state index contributed by atoms with van der Waals surface area (Å²) in [5, 5.41) is 30.8. The number of aliphatic imine (C=N–C) groups is 2. The van der Waals surface area contributed by atoms with E-state index in [9.17, 15) is 10.2 Å². The van der Waals surface area contributed by atoms with Gasteiger partial charge in [0.05, 0.1) is 22.4 Å². The number of aromatic nitrogens is 2. The summed E-state index contributed by atoms with van der Waals surface area (Å²) in [6.45, 7) is 0. The van der Waals surface area contributed by atoms with Crippen molar-refractivity contribution >= 4 is 131 Å². The molecule has 2 aromatic heterocycles. The number of benzene rings is 7. The summed E-state index contributed by atoms with van der Waals surface area (Å²) >= 11 is 13.3. The summed E-state index contributed by atoms with van der Waals surface area (Å²) in [4.78, 5) is 17.7. The van der Waals surface area contributed by atoms with Gasteiger partial charge in [0.2, 0.25) is 0 Å². The van der Waals surface area contributed by atoms with Crippen molar-refractivity contribution in [1.29, 1.82) is 0 Å². The second-order valence-corrected chi connectivity index (χ2v) is 15.9. The predicted molar refractivity (Wildman–Crippen MR) is 242 cm³/mol. The van der Waals surface area contributed by atoms with Crippen LogP contribution in [0.2, 0.25) is 0 Å². The van der Waals surface area contributed by atoms with Crippen LogP contribution in [0.1, 0.15) is 11.1 Å². The van der Waals surface area contributed by atoms with E-state index in [0.717, 1.165) is 63.7 Å². The van der Waals surface area contributed by atoms with Crippen LogP contribution < -0.4 is 10.2 Å². The van der Waals surface area contributed by atoms with E-state index in [0.29, 0.717) is 20.1 Å². The largest absolute Gasteiger partial charge is 2.00 e. The van der Waals surface area contributed by atoms with Crippen molar-refractivity contribution < 1.29 is 27.3 Å². The Morgan fingerprint density at radius 2 is 0.825 bits per heavy atom. The first-order valence-corrected chi connectivity index (χ1v) is 20.4.